The van der Waals surface area contributed by atoms with Gasteiger partial charge in [0.25, 0.3) is 0 Å². The van der Waals surface area contributed by atoms with Gasteiger partial charge in [0.05, 0.1) is 25.7 Å². The number of furan rings is 1. The molecule has 4 aromatic rings. The Morgan fingerprint density at radius 2 is 1.74 bits per heavy atom. The van der Waals surface area contributed by atoms with Gasteiger partial charge in [-0.05, 0) is 48.4 Å². The van der Waals surface area contributed by atoms with E-state index in [1.165, 1.54) is 25.0 Å². The molecule has 0 spiro atoms. The molecule has 0 bridgehead atoms. The molecule has 1 unspecified atom stereocenters. The molecule has 1 aliphatic carbocycles. The van der Waals surface area contributed by atoms with E-state index in [1.54, 1.807) is 42.5 Å². The minimum atomic E-state index is -3.79. The van der Waals surface area contributed by atoms with Crippen molar-refractivity contribution in [1.82, 2.24) is 14.8 Å². The van der Waals surface area contributed by atoms with Crippen molar-refractivity contribution >= 4 is 27.6 Å². The highest BCUT2D eigenvalue weighted by atomic mass is 35.5. The van der Waals surface area contributed by atoms with Crippen molar-refractivity contribution in [1.29, 1.82) is 0 Å². The summed E-state index contributed by atoms with van der Waals surface area (Å²) in [6.45, 7) is 0. The van der Waals surface area contributed by atoms with Gasteiger partial charge in [-0.15, -0.1) is 10.2 Å². The molecule has 176 valence electrons. The van der Waals surface area contributed by atoms with E-state index in [9.17, 15) is 8.42 Å². The van der Waals surface area contributed by atoms with Gasteiger partial charge in [0.1, 0.15) is 17.2 Å². The Kier molecular flexibility index (Phi) is 5.70. The zero-order valence-corrected chi connectivity index (χ0v) is 19.9. The third kappa shape index (κ3) is 3.99. The molecule has 2 aromatic heterocycles. The Balaban J connectivity index is 1.56. The molecule has 2 aromatic carbocycles. The molecule has 0 radical (unpaired) electrons. The highest BCUT2D eigenvalue weighted by molar-refractivity contribution is 7.93. The average Bonchev–Trinajstić information content (AvgIpc) is 3.29. The van der Waals surface area contributed by atoms with Crippen molar-refractivity contribution in [3.63, 3.8) is 0 Å². The van der Waals surface area contributed by atoms with E-state index >= 15 is 0 Å². The van der Waals surface area contributed by atoms with Crippen LogP contribution >= 0.6 is 11.6 Å². The molecule has 1 saturated carbocycles. The number of hydrogen-bond acceptors (Lipinski definition) is 7. The lowest BCUT2D eigenvalue weighted by Crippen LogP contribution is -2.21. The molecule has 0 saturated heterocycles. The van der Waals surface area contributed by atoms with Gasteiger partial charge in [-0.2, -0.15) is 0 Å². The van der Waals surface area contributed by atoms with Gasteiger partial charge in [-0.25, -0.2) is 8.42 Å². The van der Waals surface area contributed by atoms with E-state index in [0.29, 0.717) is 34.4 Å². The Bertz CT molecular complexity index is 1400. The number of methoxy groups -OCH3 is 2. The number of nitrogens with zero attached hydrogens (tertiary/aromatic N) is 3. The summed E-state index contributed by atoms with van der Waals surface area (Å²) >= 11 is 5.96. The van der Waals surface area contributed by atoms with Crippen LogP contribution in [0.1, 0.15) is 17.9 Å². The summed E-state index contributed by atoms with van der Waals surface area (Å²) in [4.78, 5) is 0. The van der Waals surface area contributed by atoms with Crippen molar-refractivity contribution in [2.45, 2.75) is 17.6 Å². The zero-order valence-electron chi connectivity index (χ0n) is 18.3. The molecule has 1 aliphatic rings. The first-order valence-corrected chi connectivity index (χ1v) is 12.3. The van der Waals surface area contributed by atoms with Gasteiger partial charge in [-0.1, -0.05) is 29.8 Å². The molecular formula is C23H21ClN4O5S. The Labute approximate surface area is 201 Å². The summed E-state index contributed by atoms with van der Waals surface area (Å²) < 4.78 is 47.3. The smallest absolute Gasteiger partial charge is 0.243 e. The standard InChI is InChI=1S/C23H21ClN4O5S/c1-31-17-5-3-6-18(32-2)21(17)28-22(19-7-4-12-33-19)25-26-23(28)27-34(29,30)20-13-16(20)14-8-10-15(24)11-9-14/h3-12,16,20H,13H2,1-2H3,(H,26,27)/t16-,20?/m1/s1. The van der Waals surface area contributed by atoms with Crippen LogP contribution in [0, 0.1) is 0 Å². The second-order valence-electron chi connectivity index (χ2n) is 7.75. The molecule has 0 aliphatic heterocycles. The third-order valence-electron chi connectivity index (χ3n) is 5.69. The van der Waals surface area contributed by atoms with Crippen LogP contribution in [0.3, 0.4) is 0 Å². The molecule has 0 amide bonds. The molecule has 2 heterocycles. The van der Waals surface area contributed by atoms with Crippen molar-refractivity contribution < 1.29 is 22.3 Å². The average molecular weight is 501 g/mol. The van der Waals surface area contributed by atoms with E-state index in [2.05, 4.69) is 14.9 Å². The van der Waals surface area contributed by atoms with E-state index in [4.69, 9.17) is 25.5 Å². The van der Waals surface area contributed by atoms with Crippen molar-refractivity contribution in [2.24, 2.45) is 0 Å². The number of ether oxygens (including phenoxy) is 2. The van der Waals surface area contributed by atoms with E-state index in [1.807, 2.05) is 12.1 Å². The lowest BCUT2D eigenvalue weighted by atomic mass is 10.1. The number of aromatic nitrogens is 3. The normalized spacial score (nSPS) is 17.4. The van der Waals surface area contributed by atoms with Gasteiger partial charge in [-0.3, -0.25) is 9.29 Å². The van der Waals surface area contributed by atoms with Crippen LogP contribution in [0.15, 0.2) is 65.3 Å². The Morgan fingerprint density at radius 1 is 1.03 bits per heavy atom. The number of sulfonamides is 1. The summed E-state index contributed by atoms with van der Waals surface area (Å²) in [6, 6.07) is 15.9. The largest absolute Gasteiger partial charge is 0.494 e. The van der Waals surface area contributed by atoms with Crippen molar-refractivity contribution in [3.8, 4) is 28.8 Å². The number of benzene rings is 2. The highest BCUT2D eigenvalue weighted by Crippen LogP contribution is 2.47. The molecule has 1 fully saturated rings. The topological polar surface area (TPSA) is 108 Å². The van der Waals surface area contributed by atoms with Gasteiger partial charge in [0, 0.05) is 10.9 Å². The summed E-state index contributed by atoms with van der Waals surface area (Å²) in [6.07, 6.45) is 1.99. The SMILES string of the molecule is COc1cccc(OC)c1-n1c(NS(=O)(=O)C2C[C@@H]2c2ccc(Cl)cc2)nnc1-c1ccco1. The number of anilines is 1. The lowest BCUT2D eigenvalue weighted by Gasteiger charge is -2.17. The fourth-order valence-electron chi connectivity index (χ4n) is 3.96. The first-order chi connectivity index (χ1) is 16.4. The Morgan fingerprint density at radius 3 is 2.35 bits per heavy atom. The van der Waals surface area contributed by atoms with Crippen LogP contribution in [0.25, 0.3) is 17.3 Å². The van der Waals surface area contributed by atoms with Crippen LogP contribution in [-0.2, 0) is 10.0 Å². The molecule has 2 atom stereocenters. The van der Waals surface area contributed by atoms with Crippen LogP contribution < -0.4 is 14.2 Å². The fraction of sp³-hybridized carbons (Fsp3) is 0.217. The second-order valence-corrected chi connectivity index (χ2v) is 10.1. The summed E-state index contributed by atoms with van der Waals surface area (Å²) in [5, 5.41) is 8.34. The maximum atomic E-state index is 13.3. The fourth-order valence-corrected chi connectivity index (χ4v) is 5.67. The van der Waals surface area contributed by atoms with E-state index in [0.717, 1.165) is 5.56 Å². The zero-order chi connectivity index (χ0) is 23.9. The maximum Gasteiger partial charge on any atom is 0.243 e. The molecule has 5 rings (SSSR count). The summed E-state index contributed by atoms with van der Waals surface area (Å²) in [5.41, 5.74) is 1.36. The quantitative estimate of drug-likeness (QED) is 0.379. The van der Waals surface area contributed by atoms with E-state index < -0.39 is 15.3 Å². The molecule has 11 heteroatoms. The first kappa shape index (κ1) is 22.3. The monoisotopic (exact) mass is 500 g/mol. The third-order valence-corrected chi connectivity index (χ3v) is 7.73. The number of hydrogen-bond donors (Lipinski definition) is 1. The van der Waals surface area contributed by atoms with Gasteiger partial charge >= 0.3 is 0 Å². The molecule has 9 nitrogen and oxygen atoms in total. The number of rotatable bonds is 8. The second kappa shape index (κ2) is 8.69. The predicted molar refractivity (Wildman–Crippen MR) is 127 cm³/mol. The number of para-hydroxylation sites is 1. The Hall–Kier alpha value is -3.50. The van der Waals surface area contributed by atoms with Crippen molar-refractivity contribution in [2.75, 3.05) is 18.9 Å². The van der Waals surface area contributed by atoms with Crippen molar-refractivity contribution in [3.05, 3.63) is 71.4 Å². The minimum absolute atomic E-state index is 0.00374. The predicted octanol–water partition coefficient (Wildman–Crippen LogP) is 4.50. The molecule has 34 heavy (non-hydrogen) atoms. The summed E-state index contributed by atoms with van der Waals surface area (Å²) in [5.74, 6) is 1.44. The number of nitrogens with one attached hydrogen (secondary N) is 1. The maximum absolute atomic E-state index is 13.3. The van der Waals surface area contributed by atoms with Gasteiger partial charge < -0.3 is 13.9 Å². The highest BCUT2D eigenvalue weighted by Gasteiger charge is 2.49. The van der Waals surface area contributed by atoms with Gasteiger partial charge in [0.15, 0.2) is 5.76 Å². The first-order valence-electron chi connectivity index (χ1n) is 10.4. The lowest BCUT2D eigenvalue weighted by molar-refractivity contribution is 0.391. The van der Waals surface area contributed by atoms with Crippen LogP contribution in [0.5, 0.6) is 11.5 Å². The van der Waals surface area contributed by atoms with E-state index in [-0.39, 0.29) is 17.7 Å². The van der Waals surface area contributed by atoms with Crippen LogP contribution in [0.2, 0.25) is 5.02 Å². The number of halogens is 1. The minimum Gasteiger partial charge on any atom is -0.494 e. The van der Waals surface area contributed by atoms with Crippen LogP contribution in [0.4, 0.5) is 5.95 Å². The molecular weight excluding hydrogens is 480 g/mol. The van der Waals surface area contributed by atoms with Crippen LogP contribution in [-0.4, -0.2) is 42.7 Å². The molecule has 1 N–H and O–H groups in total. The van der Waals surface area contributed by atoms with Gasteiger partial charge in [0.2, 0.25) is 21.8 Å². The summed E-state index contributed by atoms with van der Waals surface area (Å²) in [7, 11) is -0.764.